The second-order valence-corrected chi connectivity index (χ2v) is 6.50. The fraction of sp³-hybridized carbons (Fsp3) is 0.381. The summed E-state index contributed by atoms with van der Waals surface area (Å²) in [5.74, 6) is -0.348. The molecule has 1 heterocycles. The smallest absolute Gasteiger partial charge is 0.271 e. The van der Waals surface area contributed by atoms with E-state index in [-0.39, 0.29) is 29.8 Å². The lowest BCUT2D eigenvalue weighted by Crippen LogP contribution is -2.27. The zero-order valence-electron chi connectivity index (χ0n) is 15.9. The summed E-state index contributed by atoms with van der Waals surface area (Å²) in [5, 5.41) is 19.9. The minimum Gasteiger partial charge on any atom is -0.494 e. The van der Waals surface area contributed by atoms with Crippen LogP contribution in [-0.4, -0.2) is 22.1 Å². The van der Waals surface area contributed by atoms with Gasteiger partial charge in [0.05, 0.1) is 5.56 Å². The van der Waals surface area contributed by atoms with Crippen LogP contribution in [0.25, 0.3) is 0 Å². The Labute approximate surface area is 158 Å². The van der Waals surface area contributed by atoms with Crippen molar-refractivity contribution < 1.29 is 14.6 Å². The van der Waals surface area contributed by atoms with E-state index in [2.05, 4.69) is 0 Å². The molecule has 0 bridgehead atoms. The number of ketones is 1. The summed E-state index contributed by atoms with van der Waals surface area (Å²) in [5.41, 5.74) is 0.529. The van der Waals surface area contributed by atoms with Crippen LogP contribution < -0.4 is 10.3 Å². The van der Waals surface area contributed by atoms with E-state index in [0.717, 1.165) is 23.0 Å². The summed E-state index contributed by atoms with van der Waals surface area (Å²) in [7, 11) is 0. The Bertz CT molecular complexity index is 921. The Morgan fingerprint density at radius 3 is 2.48 bits per heavy atom. The van der Waals surface area contributed by atoms with Crippen LogP contribution in [0.2, 0.25) is 0 Å². The van der Waals surface area contributed by atoms with Crippen LogP contribution in [-0.2, 0) is 6.54 Å². The van der Waals surface area contributed by atoms with Crippen LogP contribution in [0.1, 0.15) is 53.2 Å². The highest BCUT2D eigenvalue weighted by atomic mass is 16.5. The van der Waals surface area contributed by atoms with Crippen molar-refractivity contribution in [1.29, 1.82) is 5.26 Å². The van der Waals surface area contributed by atoms with Crippen molar-refractivity contribution in [2.75, 3.05) is 6.61 Å². The topological polar surface area (TPSA) is 92.3 Å². The fourth-order valence-corrected chi connectivity index (χ4v) is 2.87. The SMILES string of the molecule is CCCCCn1c(O)c(C(=O)COc2ccc(C)cc2)c(C)c(C#N)c1=O. The first-order valence-electron chi connectivity index (χ1n) is 8.99. The van der Waals surface area contributed by atoms with Gasteiger partial charge in [-0.25, -0.2) is 0 Å². The fourth-order valence-electron chi connectivity index (χ4n) is 2.87. The molecule has 2 rings (SSSR count). The standard InChI is InChI=1S/C21H24N2O4/c1-4-5-6-11-23-20(25)17(12-22)15(3)19(21(23)26)18(24)13-27-16-9-7-14(2)8-10-16/h7-10,26H,4-6,11,13H2,1-3H3. The predicted octanol–water partition coefficient (Wildman–Crippen LogP) is 3.49. The van der Waals surface area contributed by atoms with Crippen molar-refractivity contribution in [3.8, 4) is 17.7 Å². The lowest BCUT2D eigenvalue weighted by Gasteiger charge is -2.15. The van der Waals surface area contributed by atoms with Crippen molar-refractivity contribution in [1.82, 2.24) is 4.57 Å². The van der Waals surface area contributed by atoms with Crippen LogP contribution in [0.4, 0.5) is 0 Å². The first-order chi connectivity index (χ1) is 12.9. The summed E-state index contributed by atoms with van der Waals surface area (Å²) < 4.78 is 6.61. The number of nitrogens with zero attached hydrogens (tertiary/aromatic N) is 2. The number of Topliss-reactive ketones (excluding diaryl/α,β-unsaturated/α-hetero) is 1. The van der Waals surface area contributed by atoms with E-state index in [1.165, 1.54) is 6.92 Å². The average molecular weight is 368 g/mol. The number of pyridine rings is 1. The van der Waals surface area contributed by atoms with Gasteiger partial charge in [-0.3, -0.25) is 14.2 Å². The third-order valence-corrected chi connectivity index (χ3v) is 4.46. The van der Waals surface area contributed by atoms with E-state index in [1.807, 2.05) is 32.0 Å². The number of aryl methyl sites for hydroxylation is 1. The number of rotatable bonds is 8. The molecule has 1 aromatic heterocycles. The van der Waals surface area contributed by atoms with Crippen LogP contribution in [0.5, 0.6) is 11.6 Å². The van der Waals surface area contributed by atoms with Crippen molar-refractivity contribution in [2.24, 2.45) is 0 Å². The molecule has 1 N–H and O–H groups in total. The van der Waals surface area contributed by atoms with Gasteiger partial charge in [-0.2, -0.15) is 5.26 Å². The van der Waals surface area contributed by atoms with Gasteiger partial charge >= 0.3 is 0 Å². The highest BCUT2D eigenvalue weighted by molar-refractivity contribution is 6.01. The second kappa shape index (κ2) is 9.04. The summed E-state index contributed by atoms with van der Waals surface area (Å²) in [4.78, 5) is 25.1. The molecule has 0 saturated carbocycles. The minimum atomic E-state index is -0.570. The molecule has 1 aromatic carbocycles. The largest absolute Gasteiger partial charge is 0.494 e. The third-order valence-electron chi connectivity index (χ3n) is 4.46. The van der Waals surface area contributed by atoms with Crippen molar-refractivity contribution in [3.63, 3.8) is 0 Å². The Hall–Kier alpha value is -3.07. The van der Waals surface area contributed by atoms with Gasteiger partial charge in [0.15, 0.2) is 6.61 Å². The molecule has 0 amide bonds. The van der Waals surface area contributed by atoms with Gasteiger partial charge in [-0.15, -0.1) is 0 Å². The lowest BCUT2D eigenvalue weighted by atomic mass is 10.0. The summed E-state index contributed by atoms with van der Waals surface area (Å²) in [6.07, 6.45) is 2.50. The number of aromatic nitrogens is 1. The second-order valence-electron chi connectivity index (χ2n) is 6.50. The molecule has 0 aliphatic rings. The zero-order valence-corrected chi connectivity index (χ0v) is 15.9. The number of aromatic hydroxyl groups is 1. The van der Waals surface area contributed by atoms with E-state index in [9.17, 15) is 20.0 Å². The minimum absolute atomic E-state index is 0.0326. The summed E-state index contributed by atoms with van der Waals surface area (Å²) in [6, 6.07) is 9.09. The number of benzene rings is 1. The van der Waals surface area contributed by atoms with E-state index >= 15 is 0 Å². The molecular weight excluding hydrogens is 344 g/mol. The molecule has 0 atom stereocenters. The zero-order chi connectivity index (χ0) is 20.0. The maximum absolute atomic E-state index is 12.7. The Morgan fingerprint density at radius 2 is 1.89 bits per heavy atom. The number of hydrogen-bond donors (Lipinski definition) is 1. The van der Waals surface area contributed by atoms with Gasteiger partial charge in [0, 0.05) is 6.54 Å². The Morgan fingerprint density at radius 1 is 1.22 bits per heavy atom. The van der Waals surface area contributed by atoms with E-state index in [1.54, 1.807) is 12.1 Å². The van der Waals surface area contributed by atoms with Crippen LogP contribution in [0.15, 0.2) is 29.1 Å². The molecule has 6 nitrogen and oxygen atoms in total. The van der Waals surface area contributed by atoms with Gasteiger partial charge in [-0.1, -0.05) is 37.5 Å². The van der Waals surface area contributed by atoms with E-state index < -0.39 is 17.2 Å². The number of carbonyl (C=O) groups excluding carboxylic acids is 1. The first kappa shape index (κ1) is 20.2. The molecular formula is C21H24N2O4. The van der Waals surface area contributed by atoms with Crippen LogP contribution in [0, 0.1) is 25.2 Å². The normalized spacial score (nSPS) is 10.4. The summed E-state index contributed by atoms with van der Waals surface area (Å²) in [6.45, 7) is 5.43. The predicted molar refractivity (Wildman–Crippen MR) is 102 cm³/mol. The maximum Gasteiger partial charge on any atom is 0.271 e. The number of unbranched alkanes of at least 4 members (excludes halogenated alkanes) is 2. The highest BCUT2D eigenvalue weighted by Gasteiger charge is 2.24. The van der Waals surface area contributed by atoms with Gasteiger partial charge in [0.25, 0.3) is 5.56 Å². The molecule has 6 heteroatoms. The van der Waals surface area contributed by atoms with Crippen molar-refractivity contribution in [2.45, 2.75) is 46.6 Å². The molecule has 2 aromatic rings. The molecule has 0 spiro atoms. The van der Waals surface area contributed by atoms with Crippen LogP contribution >= 0.6 is 0 Å². The molecule has 0 unspecified atom stereocenters. The lowest BCUT2D eigenvalue weighted by molar-refractivity contribution is 0.0916. The van der Waals surface area contributed by atoms with E-state index in [4.69, 9.17) is 4.74 Å². The monoisotopic (exact) mass is 368 g/mol. The molecule has 0 aliphatic carbocycles. The van der Waals surface area contributed by atoms with Gasteiger partial charge in [0.2, 0.25) is 11.7 Å². The molecule has 0 fully saturated rings. The van der Waals surface area contributed by atoms with Gasteiger partial charge < -0.3 is 9.84 Å². The Kier molecular flexibility index (Phi) is 6.78. The third kappa shape index (κ3) is 4.56. The highest BCUT2D eigenvalue weighted by Crippen LogP contribution is 2.23. The van der Waals surface area contributed by atoms with Gasteiger partial charge in [-0.05, 0) is 38.0 Å². The number of carbonyl (C=O) groups is 1. The average Bonchev–Trinajstić information content (AvgIpc) is 2.64. The van der Waals surface area contributed by atoms with Gasteiger partial charge in [0.1, 0.15) is 17.4 Å². The molecule has 27 heavy (non-hydrogen) atoms. The quantitative estimate of drug-likeness (QED) is 0.569. The van der Waals surface area contributed by atoms with Crippen molar-refractivity contribution in [3.05, 3.63) is 56.9 Å². The first-order valence-corrected chi connectivity index (χ1v) is 8.99. The number of nitriles is 1. The molecule has 0 aliphatic heterocycles. The number of ether oxygens (including phenoxy) is 1. The van der Waals surface area contributed by atoms with Crippen molar-refractivity contribution >= 4 is 5.78 Å². The molecule has 0 saturated heterocycles. The number of hydrogen-bond acceptors (Lipinski definition) is 5. The Balaban J connectivity index is 2.34. The van der Waals surface area contributed by atoms with E-state index in [0.29, 0.717) is 12.2 Å². The molecule has 142 valence electrons. The van der Waals surface area contributed by atoms with Crippen LogP contribution in [0.3, 0.4) is 0 Å². The summed E-state index contributed by atoms with van der Waals surface area (Å²) >= 11 is 0. The maximum atomic E-state index is 12.7. The molecule has 0 radical (unpaired) electrons.